The van der Waals surface area contributed by atoms with Crippen molar-refractivity contribution in [2.45, 2.75) is 13.3 Å². The second-order valence-corrected chi connectivity index (χ2v) is 6.83. The van der Waals surface area contributed by atoms with Crippen molar-refractivity contribution in [3.8, 4) is 17.6 Å². The highest BCUT2D eigenvalue weighted by Gasteiger charge is 2.31. The lowest BCUT2D eigenvalue weighted by atomic mass is 9.91. The van der Waals surface area contributed by atoms with Gasteiger partial charge in [-0.05, 0) is 42.7 Å². The lowest BCUT2D eigenvalue weighted by Crippen LogP contribution is -2.47. The molecule has 0 bridgehead atoms. The van der Waals surface area contributed by atoms with Gasteiger partial charge in [0.2, 0.25) is 0 Å². The maximum atomic E-state index is 12.5. The Morgan fingerprint density at radius 3 is 2.68 bits per heavy atom. The molecule has 2 N–H and O–H groups in total. The minimum absolute atomic E-state index is 0.134. The molecule has 2 heterocycles. The number of hydrogen-bond acceptors (Lipinski definition) is 5. The summed E-state index contributed by atoms with van der Waals surface area (Å²) in [4.78, 5) is 29.2. The number of nitrogens with one attached hydrogen (secondary N) is 1. The highest BCUT2D eigenvalue weighted by Crippen LogP contribution is 2.25. The van der Waals surface area contributed by atoms with Crippen molar-refractivity contribution in [1.29, 1.82) is 5.26 Å². The number of piperidine rings is 1. The van der Waals surface area contributed by atoms with E-state index in [1.807, 2.05) is 13.0 Å². The van der Waals surface area contributed by atoms with Crippen LogP contribution in [0, 0.1) is 23.2 Å². The van der Waals surface area contributed by atoms with Crippen LogP contribution in [0.25, 0.3) is 0 Å². The van der Waals surface area contributed by atoms with Crippen LogP contribution < -0.4 is 10.1 Å². The molecule has 2 unspecified atom stereocenters. The number of benzene rings is 1. The van der Waals surface area contributed by atoms with E-state index in [0.717, 1.165) is 0 Å². The first-order chi connectivity index (χ1) is 13.4. The maximum Gasteiger partial charge on any atom is 0.321 e. The van der Waals surface area contributed by atoms with Crippen LogP contribution in [-0.4, -0.2) is 40.1 Å². The molecule has 1 aromatic heterocycles. The Hall–Kier alpha value is -3.60. The first kappa shape index (κ1) is 19.2. The second-order valence-electron chi connectivity index (χ2n) is 6.83. The molecule has 8 nitrogen and oxygen atoms in total. The molecule has 2 amide bonds. The molecule has 8 heteroatoms. The molecule has 1 saturated heterocycles. The fourth-order valence-electron chi connectivity index (χ4n) is 3.18. The Morgan fingerprint density at radius 2 is 2.00 bits per heavy atom. The number of pyridine rings is 1. The van der Waals surface area contributed by atoms with Gasteiger partial charge in [0, 0.05) is 31.0 Å². The number of amides is 2. The number of carbonyl (C=O) groups excluding carboxylic acids is 1. The van der Waals surface area contributed by atoms with Gasteiger partial charge in [0.25, 0.3) is 0 Å². The van der Waals surface area contributed by atoms with Crippen LogP contribution in [0.1, 0.15) is 19.0 Å². The third-order valence-electron chi connectivity index (χ3n) is 4.48. The highest BCUT2D eigenvalue weighted by molar-refractivity contribution is 5.89. The van der Waals surface area contributed by atoms with Gasteiger partial charge < -0.3 is 20.1 Å². The van der Waals surface area contributed by atoms with Crippen molar-refractivity contribution in [2.75, 3.05) is 18.4 Å². The summed E-state index contributed by atoms with van der Waals surface area (Å²) >= 11 is 0. The number of hydrogen-bond donors (Lipinski definition) is 2. The summed E-state index contributed by atoms with van der Waals surface area (Å²) in [5.74, 6) is -0.239. The van der Waals surface area contributed by atoms with Crippen molar-refractivity contribution in [3.63, 3.8) is 0 Å². The average Bonchev–Trinajstić information content (AvgIpc) is 2.69. The van der Waals surface area contributed by atoms with Crippen molar-refractivity contribution < 1.29 is 19.4 Å². The lowest BCUT2D eigenvalue weighted by Gasteiger charge is -2.34. The van der Waals surface area contributed by atoms with E-state index in [1.165, 1.54) is 17.2 Å². The van der Waals surface area contributed by atoms with Gasteiger partial charge in [-0.1, -0.05) is 6.92 Å². The number of aromatic nitrogens is 1. The van der Waals surface area contributed by atoms with E-state index < -0.39 is 11.9 Å². The molecule has 2 aromatic rings. The Bertz CT molecular complexity index is 907. The standard InChI is InChI=1S/C20H20N4O4/c1-13-8-14(19(25)26)12-24(11-13)20(27)23-15-2-4-17(5-3-15)28-18-6-7-22-16(9-18)10-21/h2-7,9,13-14H,8,11-12H2,1H3,(H,23,27)(H,25,26). The van der Waals surface area contributed by atoms with Crippen LogP contribution in [0.3, 0.4) is 0 Å². The predicted molar refractivity (Wildman–Crippen MR) is 101 cm³/mol. The number of carboxylic acid groups (broad SMARTS) is 1. The number of carbonyl (C=O) groups is 2. The quantitative estimate of drug-likeness (QED) is 0.841. The second kappa shape index (κ2) is 8.39. The first-order valence-electron chi connectivity index (χ1n) is 8.87. The molecule has 1 fully saturated rings. The Kier molecular flexibility index (Phi) is 5.75. The van der Waals surface area contributed by atoms with Crippen molar-refractivity contribution in [3.05, 3.63) is 48.3 Å². The van der Waals surface area contributed by atoms with Crippen LogP contribution in [0.5, 0.6) is 11.5 Å². The Labute approximate surface area is 162 Å². The number of aliphatic carboxylic acids is 1. The molecule has 0 aliphatic carbocycles. The third-order valence-corrected chi connectivity index (χ3v) is 4.48. The summed E-state index contributed by atoms with van der Waals surface area (Å²) in [7, 11) is 0. The zero-order valence-corrected chi connectivity index (χ0v) is 15.3. The number of rotatable bonds is 4. The van der Waals surface area contributed by atoms with Gasteiger partial charge in [-0.3, -0.25) is 4.79 Å². The van der Waals surface area contributed by atoms with Gasteiger partial charge in [0.15, 0.2) is 0 Å². The van der Waals surface area contributed by atoms with Gasteiger partial charge in [-0.2, -0.15) is 5.26 Å². The number of anilines is 1. The Balaban J connectivity index is 1.61. The summed E-state index contributed by atoms with van der Waals surface area (Å²) < 4.78 is 5.67. The minimum atomic E-state index is -0.874. The lowest BCUT2D eigenvalue weighted by molar-refractivity contribution is -0.143. The average molecular weight is 380 g/mol. The van der Waals surface area contributed by atoms with Crippen LogP contribution >= 0.6 is 0 Å². The maximum absolute atomic E-state index is 12.5. The zero-order valence-electron chi connectivity index (χ0n) is 15.3. The van der Waals surface area contributed by atoms with E-state index in [4.69, 9.17) is 10.00 Å². The molecule has 1 aliphatic heterocycles. The predicted octanol–water partition coefficient (Wildman–Crippen LogP) is 3.32. The molecule has 0 spiro atoms. The summed E-state index contributed by atoms with van der Waals surface area (Å²) in [6.45, 7) is 2.67. The summed E-state index contributed by atoms with van der Waals surface area (Å²) in [6, 6.07) is 11.6. The van der Waals surface area contributed by atoms with E-state index in [1.54, 1.807) is 30.3 Å². The summed E-state index contributed by atoms with van der Waals surface area (Å²) in [6.07, 6.45) is 2.07. The summed E-state index contributed by atoms with van der Waals surface area (Å²) in [5.41, 5.74) is 0.840. The van der Waals surface area contributed by atoms with Crippen LogP contribution in [-0.2, 0) is 4.79 Å². The topological polar surface area (TPSA) is 116 Å². The van der Waals surface area contributed by atoms with E-state index >= 15 is 0 Å². The highest BCUT2D eigenvalue weighted by atomic mass is 16.5. The smallest absolute Gasteiger partial charge is 0.321 e. The number of urea groups is 1. The number of carboxylic acids is 1. The van der Waals surface area contributed by atoms with E-state index in [0.29, 0.717) is 30.2 Å². The van der Waals surface area contributed by atoms with E-state index in [2.05, 4.69) is 10.3 Å². The molecule has 1 aliphatic rings. The molecule has 0 radical (unpaired) electrons. The van der Waals surface area contributed by atoms with Crippen LogP contribution in [0.2, 0.25) is 0 Å². The van der Waals surface area contributed by atoms with Crippen molar-refractivity contribution in [2.24, 2.45) is 11.8 Å². The van der Waals surface area contributed by atoms with Crippen LogP contribution in [0.4, 0.5) is 10.5 Å². The van der Waals surface area contributed by atoms with Crippen molar-refractivity contribution >= 4 is 17.7 Å². The summed E-state index contributed by atoms with van der Waals surface area (Å²) in [5, 5.41) is 20.9. The number of nitrogens with zero attached hydrogens (tertiary/aromatic N) is 3. The van der Waals surface area contributed by atoms with Gasteiger partial charge in [-0.25, -0.2) is 9.78 Å². The SMILES string of the molecule is CC1CC(C(=O)O)CN(C(=O)Nc2ccc(Oc3ccnc(C#N)c3)cc2)C1. The third kappa shape index (κ3) is 4.76. The van der Waals surface area contributed by atoms with E-state index in [9.17, 15) is 14.7 Å². The molecule has 28 heavy (non-hydrogen) atoms. The van der Waals surface area contributed by atoms with Gasteiger partial charge in [-0.15, -0.1) is 0 Å². The molecule has 3 rings (SSSR count). The van der Waals surface area contributed by atoms with Crippen LogP contribution in [0.15, 0.2) is 42.6 Å². The van der Waals surface area contributed by atoms with Gasteiger partial charge >= 0.3 is 12.0 Å². The number of nitriles is 1. The Morgan fingerprint density at radius 1 is 1.25 bits per heavy atom. The van der Waals surface area contributed by atoms with Gasteiger partial charge in [0.1, 0.15) is 23.3 Å². The fraction of sp³-hybridized carbons (Fsp3) is 0.300. The van der Waals surface area contributed by atoms with Gasteiger partial charge in [0.05, 0.1) is 5.92 Å². The zero-order chi connectivity index (χ0) is 20.1. The molecule has 0 saturated carbocycles. The largest absolute Gasteiger partial charge is 0.481 e. The molecular weight excluding hydrogens is 360 g/mol. The van der Waals surface area contributed by atoms with Crippen molar-refractivity contribution in [1.82, 2.24) is 9.88 Å². The molecule has 1 aromatic carbocycles. The monoisotopic (exact) mass is 380 g/mol. The molecular formula is C20H20N4O4. The molecule has 144 valence electrons. The minimum Gasteiger partial charge on any atom is -0.481 e. The number of ether oxygens (including phenoxy) is 1. The first-order valence-corrected chi connectivity index (χ1v) is 8.87. The normalized spacial score (nSPS) is 18.8. The van der Waals surface area contributed by atoms with E-state index in [-0.39, 0.29) is 24.2 Å². The molecule has 2 atom stereocenters. The fourth-order valence-corrected chi connectivity index (χ4v) is 3.18. The number of likely N-dealkylation sites (tertiary alicyclic amines) is 1.